The van der Waals surface area contributed by atoms with Crippen LogP contribution in [0.4, 0.5) is 0 Å². The molecule has 102 valence electrons. The molecule has 0 N–H and O–H groups in total. The van der Waals surface area contributed by atoms with E-state index in [0.717, 1.165) is 48.8 Å². The molecule has 0 aromatic rings. The van der Waals surface area contributed by atoms with Gasteiger partial charge in [0.05, 0.1) is 0 Å². The molecule has 0 amide bonds. The SMILES string of the molecule is C=C(CCCCC(=C)C(=C)C)CC(SCl)C(=C)C. The maximum atomic E-state index is 5.84. The minimum atomic E-state index is 0.296. The first-order valence-electron chi connectivity index (χ1n) is 6.31. The van der Waals surface area contributed by atoms with Crippen LogP contribution in [0, 0.1) is 0 Å². The minimum absolute atomic E-state index is 0.296. The molecule has 0 bridgehead atoms. The molecule has 0 aliphatic rings. The van der Waals surface area contributed by atoms with Gasteiger partial charge < -0.3 is 0 Å². The highest BCUT2D eigenvalue weighted by molar-refractivity contribution is 8.21. The lowest BCUT2D eigenvalue weighted by Crippen LogP contribution is -2.03. The molecule has 0 aromatic heterocycles. The van der Waals surface area contributed by atoms with Crippen LogP contribution in [-0.2, 0) is 0 Å². The Balaban J connectivity index is 3.81. The van der Waals surface area contributed by atoms with Crippen LogP contribution in [0.5, 0.6) is 0 Å². The predicted molar refractivity (Wildman–Crippen MR) is 88.2 cm³/mol. The standard InChI is InChI=1S/C16H25ClS/c1-12(2)15(6)10-8-7-9-14(5)11-16(18-17)13(3)4/h16H,1,3,5-11H2,2,4H3. The first kappa shape index (κ1) is 17.6. The highest BCUT2D eigenvalue weighted by Crippen LogP contribution is 2.29. The van der Waals surface area contributed by atoms with Gasteiger partial charge in [-0.15, -0.1) is 0 Å². The molecular weight excluding hydrogens is 260 g/mol. The summed E-state index contributed by atoms with van der Waals surface area (Å²) in [5.74, 6) is 0. The lowest BCUT2D eigenvalue weighted by Gasteiger charge is -2.14. The van der Waals surface area contributed by atoms with E-state index in [-0.39, 0.29) is 0 Å². The highest BCUT2D eigenvalue weighted by Gasteiger charge is 2.10. The van der Waals surface area contributed by atoms with Gasteiger partial charge >= 0.3 is 0 Å². The average molecular weight is 285 g/mol. The van der Waals surface area contributed by atoms with E-state index in [9.17, 15) is 0 Å². The van der Waals surface area contributed by atoms with E-state index in [1.54, 1.807) is 0 Å². The van der Waals surface area contributed by atoms with Crippen LogP contribution in [0.1, 0.15) is 46.0 Å². The van der Waals surface area contributed by atoms with Crippen LogP contribution >= 0.6 is 21.7 Å². The van der Waals surface area contributed by atoms with Crippen molar-refractivity contribution in [1.82, 2.24) is 0 Å². The zero-order valence-electron chi connectivity index (χ0n) is 11.7. The summed E-state index contributed by atoms with van der Waals surface area (Å²) in [7, 11) is 7.18. The van der Waals surface area contributed by atoms with Crippen molar-refractivity contribution < 1.29 is 0 Å². The van der Waals surface area contributed by atoms with Gasteiger partial charge in [0.15, 0.2) is 0 Å². The first-order valence-corrected chi connectivity index (χ1v) is 8.02. The summed E-state index contributed by atoms with van der Waals surface area (Å²) in [6.45, 7) is 20.0. The summed E-state index contributed by atoms with van der Waals surface area (Å²) in [6, 6.07) is 0. The topological polar surface area (TPSA) is 0 Å². The summed E-state index contributed by atoms with van der Waals surface area (Å²) < 4.78 is 0. The van der Waals surface area contributed by atoms with Crippen molar-refractivity contribution in [2.24, 2.45) is 0 Å². The predicted octanol–water partition coefficient (Wildman–Crippen LogP) is 6.46. The third-order valence-corrected chi connectivity index (χ3v) is 4.42. The fraction of sp³-hybridized carbons (Fsp3) is 0.500. The van der Waals surface area contributed by atoms with Crippen molar-refractivity contribution >= 4 is 21.7 Å². The average Bonchev–Trinajstić information content (AvgIpc) is 2.30. The zero-order chi connectivity index (χ0) is 14.1. The van der Waals surface area contributed by atoms with Crippen LogP contribution in [-0.4, -0.2) is 5.25 Å². The molecule has 0 aliphatic heterocycles. The fourth-order valence-corrected chi connectivity index (χ4v) is 2.67. The Morgan fingerprint density at radius 2 is 1.61 bits per heavy atom. The van der Waals surface area contributed by atoms with Crippen LogP contribution in [0.2, 0.25) is 0 Å². The van der Waals surface area contributed by atoms with Crippen molar-refractivity contribution in [3.8, 4) is 0 Å². The van der Waals surface area contributed by atoms with E-state index in [4.69, 9.17) is 10.7 Å². The van der Waals surface area contributed by atoms with Crippen molar-refractivity contribution in [2.75, 3.05) is 0 Å². The summed E-state index contributed by atoms with van der Waals surface area (Å²) in [5.41, 5.74) is 4.63. The van der Waals surface area contributed by atoms with Gasteiger partial charge in [0.2, 0.25) is 0 Å². The van der Waals surface area contributed by atoms with Crippen LogP contribution in [0.3, 0.4) is 0 Å². The van der Waals surface area contributed by atoms with Gasteiger partial charge in [0.25, 0.3) is 0 Å². The van der Waals surface area contributed by atoms with Crippen molar-refractivity contribution in [3.05, 3.63) is 48.6 Å². The lowest BCUT2D eigenvalue weighted by molar-refractivity contribution is 0.711. The summed E-state index contributed by atoms with van der Waals surface area (Å²) >= 11 is 0. The molecule has 0 aliphatic carbocycles. The maximum absolute atomic E-state index is 5.84. The lowest BCUT2D eigenvalue weighted by atomic mass is 9.99. The smallest absolute Gasteiger partial charge is 0.0440 e. The van der Waals surface area contributed by atoms with Gasteiger partial charge in [0, 0.05) is 5.25 Å². The minimum Gasteiger partial charge on any atom is -0.0998 e. The molecule has 0 saturated carbocycles. The number of rotatable bonds is 10. The maximum Gasteiger partial charge on any atom is 0.0440 e. The van der Waals surface area contributed by atoms with Gasteiger partial charge in [-0.05, 0) is 67.6 Å². The monoisotopic (exact) mass is 284 g/mol. The van der Waals surface area contributed by atoms with E-state index in [1.165, 1.54) is 16.5 Å². The zero-order valence-corrected chi connectivity index (χ0v) is 13.3. The Hall–Kier alpha value is -0.400. The van der Waals surface area contributed by atoms with E-state index in [0.29, 0.717) is 5.25 Å². The number of halogens is 1. The number of unbranched alkanes of at least 4 members (excludes halogenated alkanes) is 1. The molecule has 0 saturated heterocycles. The number of allylic oxidation sites excluding steroid dienone is 3. The Labute approximate surface area is 121 Å². The molecule has 0 rings (SSSR count). The molecule has 0 heterocycles. The summed E-state index contributed by atoms with van der Waals surface area (Å²) in [6.07, 6.45) is 5.34. The molecule has 18 heavy (non-hydrogen) atoms. The van der Waals surface area contributed by atoms with Gasteiger partial charge in [-0.1, -0.05) is 48.6 Å². The van der Waals surface area contributed by atoms with Crippen molar-refractivity contribution in [2.45, 2.75) is 51.2 Å². The summed E-state index contributed by atoms with van der Waals surface area (Å²) in [4.78, 5) is 0. The van der Waals surface area contributed by atoms with E-state index in [1.807, 2.05) is 13.8 Å². The van der Waals surface area contributed by atoms with Gasteiger partial charge in [-0.25, -0.2) is 0 Å². The number of hydrogen-bond donors (Lipinski definition) is 0. The van der Waals surface area contributed by atoms with Gasteiger partial charge in [-0.2, -0.15) is 0 Å². The third kappa shape index (κ3) is 7.84. The second kappa shape index (κ2) is 9.52. The van der Waals surface area contributed by atoms with E-state index < -0.39 is 0 Å². The van der Waals surface area contributed by atoms with Crippen LogP contribution < -0.4 is 0 Å². The highest BCUT2D eigenvalue weighted by atomic mass is 35.7. The fourth-order valence-electron chi connectivity index (χ4n) is 1.57. The molecule has 0 radical (unpaired) electrons. The second-order valence-corrected chi connectivity index (χ2v) is 6.25. The normalized spacial score (nSPS) is 11.9. The van der Waals surface area contributed by atoms with E-state index >= 15 is 0 Å². The van der Waals surface area contributed by atoms with Crippen LogP contribution in [0.25, 0.3) is 0 Å². The van der Waals surface area contributed by atoms with Crippen molar-refractivity contribution in [3.63, 3.8) is 0 Å². The molecule has 0 nitrogen and oxygen atoms in total. The number of hydrogen-bond acceptors (Lipinski definition) is 1. The first-order chi connectivity index (χ1) is 8.38. The Bertz CT molecular complexity index is 328. The molecule has 1 atom stereocenters. The third-order valence-electron chi connectivity index (χ3n) is 2.99. The summed E-state index contributed by atoms with van der Waals surface area (Å²) in [5, 5.41) is 0.296. The van der Waals surface area contributed by atoms with Crippen LogP contribution in [0.15, 0.2) is 48.6 Å². The van der Waals surface area contributed by atoms with Gasteiger partial charge in [-0.3, -0.25) is 0 Å². The van der Waals surface area contributed by atoms with Gasteiger partial charge in [0.1, 0.15) is 0 Å². The molecule has 0 aromatic carbocycles. The largest absolute Gasteiger partial charge is 0.0998 e. The van der Waals surface area contributed by atoms with Crippen molar-refractivity contribution in [1.29, 1.82) is 0 Å². The quantitative estimate of drug-likeness (QED) is 0.252. The van der Waals surface area contributed by atoms with E-state index in [2.05, 4.69) is 26.3 Å². The second-order valence-electron chi connectivity index (χ2n) is 4.97. The molecule has 0 spiro atoms. The Kier molecular flexibility index (Phi) is 9.31. The molecule has 0 fully saturated rings. The molecular formula is C16H25ClS. The Morgan fingerprint density at radius 1 is 1.06 bits per heavy atom. The molecule has 1 unspecified atom stereocenters. The Morgan fingerprint density at radius 3 is 2.06 bits per heavy atom. The molecule has 2 heteroatoms.